The molecule has 0 aliphatic heterocycles. The van der Waals surface area contributed by atoms with E-state index < -0.39 is 0 Å². The number of benzene rings is 2. The molecule has 0 spiro atoms. The van der Waals surface area contributed by atoms with Gasteiger partial charge in [0, 0.05) is 0 Å². The summed E-state index contributed by atoms with van der Waals surface area (Å²) in [6.45, 7) is 4.60. The van der Waals surface area contributed by atoms with Crippen molar-refractivity contribution in [2.24, 2.45) is 0 Å². The molecule has 0 unspecified atom stereocenters. The highest BCUT2D eigenvalue weighted by molar-refractivity contribution is 5.41. The summed E-state index contributed by atoms with van der Waals surface area (Å²) in [6, 6.07) is 17.4. The van der Waals surface area contributed by atoms with E-state index in [0.717, 1.165) is 24.3 Å². The lowest BCUT2D eigenvalue weighted by Gasteiger charge is -2.14. The van der Waals surface area contributed by atoms with Crippen LogP contribution in [0.2, 0.25) is 0 Å². The summed E-state index contributed by atoms with van der Waals surface area (Å²) in [4.78, 5) is 0. The third kappa shape index (κ3) is 18.4. The van der Waals surface area contributed by atoms with Gasteiger partial charge in [0.1, 0.15) is 11.5 Å². The van der Waals surface area contributed by atoms with Gasteiger partial charge in [0.15, 0.2) is 0 Å². The van der Waals surface area contributed by atoms with Crippen molar-refractivity contribution in [3.63, 3.8) is 0 Å². The molecular weight excluding hydrogens is 496 g/mol. The average molecular weight is 563 g/mol. The van der Waals surface area contributed by atoms with E-state index in [1.165, 1.54) is 165 Å². The summed E-state index contributed by atoms with van der Waals surface area (Å²) < 4.78 is 6.56. The fourth-order valence-electron chi connectivity index (χ4n) is 6.05. The van der Waals surface area contributed by atoms with Gasteiger partial charge in [0.05, 0.1) is 0 Å². The zero-order valence-corrected chi connectivity index (χ0v) is 27.4. The number of hydrogen-bond acceptors (Lipinski definition) is 1. The Balaban J connectivity index is 1.60. The number of rotatable bonds is 28. The molecule has 0 aliphatic rings. The van der Waals surface area contributed by atoms with Gasteiger partial charge in [-0.05, 0) is 48.9 Å². The minimum absolute atomic E-state index is 1.05. The summed E-state index contributed by atoms with van der Waals surface area (Å²) in [7, 11) is 0. The van der Waals surface area contributed by atoms with Gasteiger partial charge in [-0.2, -0.15) is 0 Å². The van der Waals surface area contributed by atoms with Crippen LogP contribution in [0.5, 0.6) is 11.5 Å². The Morgan fingerprint density at radius 2 is 0.610 bits per heavy atom. The third-order valence-electron chi connectivity index (χ3n) is 8.76. The highest BCUT2D eigenvalue weighted by Gasteiger charge is 2.08. The molecule has 1 heteroatoms. The van der Waals surface area contributed by atoms with Crippen LogP contribution in [0.1, 0.15) is 179 Å². The van der Waals surface area contributed by atoms with Crippen LogP contribution in [-0.4, -0.2) is 0 Å². The Bertz CT molecular complexity index is 771. The van der Waals surface area contributed by atoms with Gasteiger partial charge in [-0.15, -0.1) is 0 Å². The molecule has 232 valence electrons. The zero-order chi connectivity index (χ0) is 29.1. The molecule has 0 fully saturated rings. The molecule has 0 heterocycles. The van der Waals surface area contributed by atoms with Crippen LogP contribution in [0, 0.1) is 0 Å². The van der Waals surface area contributed by atoms with Crippen LogP contribution < -0.4 is 4.74 Å². The van der Waals surface area contributed by atoms with Crippen LogP contribution in [0.15, 0.2) is 48.5 Å². The van der Waals surface area contributed by atoms with Gasteiger partial charge >= 0.3 is 0 Å². The molecule has 0 atom stereocenters. The molecule has 2 rings (SSSR count). The first kappa shape index (κ1) is 35.4. The Kier molecular flexibility index (Phi) is 22.4. The monoisotopic (exact) mass is 563 g/mol. The summed E-state index contributed by atoms with van der Waals surface area (Å²) in [5.74, 6) is 2.11. The standard InChI is InChI=1S/C40H66O/c1-3-5-7-9-11-13-15-17-19-21-23-25-31-37-33-27-29-35-39(37)41-40-36-30-28-34-38(40)32-26-24-22-20-18-16-14-12-10-8-6-4-2/h27-30,33-36H,3-26,31-32H2,1-2H3. The van der Waals surface area contributed by atoms with Crippen LogP contribution in [0.25, 0.3) is 0 Å². The molecule has 0 N–H and O–H groups in total. The van der Waals surface area contributed by atoms with Gasteiger partial charge in [-0.1, -0.05) is 192 Å². The fourth-order valence-corrected chi connectivity index (χ4v) is 6.05. The molecule has 0 saturated carbocycles. The normalized spacial score (nSPS) is 11.3. The van der Waals surface area contributed by atoms with E-state index in [2.05, 4.69) is 62.4 Å². The molecule has 0 radical (unpaired) electrons. The largest absolute Gasteiger partial charge is 0.457 e. The quantitative estimate of drug-likeness (QED) is 0.0937. The lowest BCUT2D eigenvalue weighted by molar-refractivity contribution is 0.466. The Labute approximate surface area is 256 Å². The smallest absolute Gasteiger partial charge is 0.130 e. The molecule has 0 amide bonds. The van der Waals surface area contributed by atoms with Gasteiger partial charge in [0.2, 0.25) is 0 Å². The number of unbranched alkanes of at least 4 members (excludes halogenated alkanes) is 22. The maximum atomic E-state index is 6.56. The maximum Gasteiger partial charge on any atom is 0.130 e. The highest BCUT2D eigenvalue weighted by Crippen LogP contribution is 2.30. The molecule has 41 heavy (non-hydrogen) atoms. The van der Waals surface area contributed by atoms with Crippen molar-refractivity contribution in [1.82, 2.24) is 0 Å². The van der Waals surface area contributed by atoms with Crippen molar-refractivity contribution in [1.29, 1.82) is 0 Å². The predicted octanol–water partition coefficient (Wildman–Crippen LogP) is 14.0. The van der Waals surface area contributed by atoms with E-state index in [4.69, 9.17) is 4.74 Å². The van der Waals surface area contributed by atoms with Crippen molar-refractivity contribution in [3.8, 4) is 11.5 Å². The van der Waals surface area contributed by atoms with Crippen LogP contribution in [0.3, 0.4) is 0 Å². The van der Waals surface area contributed by atoms with Crippen molar-refractivity contribution in [2.45, 2.75) is 181 Å². The Hall–Kier alpha value is -1.76. The second kappa shape index (κ2) is 25.9. The molecule has 2 aromatic carbocycles. The lowest BCUT2D eigenvalue weighted by Crippen LogP contribution is -1.96. The maximum absolute atomic E-state index is 6.56. The van der Waals surface area contributed by atoms with Gasteiger partial charge < -0.3 is 4.74 Å². The minimum atomic E-state index is 1.05. The Morgan fingerprint density at radius 1 is 0.341 bits per heavy atom. The van der Waals surface area contributed by atoms with Crippen molar-refractivity contribution in [3.05, 3.63) is 59.7 Å². The first-order chi connectivity index (χ1) is 20.3. The molecule has 0 bridgehead atoms. The number of hydrogen-bond donors (Lipinski definition) is 0. The third-order valence-corrected chi connectivity index (χ3v) is 8.76. The van der Waals surface area contributed by atoms with E-state index in [9.17, 15) is 0 Å². The van der Waals surface area contributed by atoms with Gasteiger partial charge in [-0.25, -0.2) is 0 Å². The van der Waals surface area contributed by atoms with Crippen LogP contribution in [-0.2, 0) is 12.8 Å². The van der Waals surface area contributed by atoms with Crippen LogP contribution in [0.4, 0.5) is 0 Å². The number of ether oxygens (including phenoxy) is 1. The van der Waals surface area contributed by atoms with Crippen LogP contribution >= 0.6 is 0 Å². The lowest BCUT2D eigenvalue weighted by atomic mass is 10.0. The highest BCUT2D eigenvalue weighted by atomic mass is 16.5. The summed E-state index contributed by atoms with van der Waals surface area (Å²) in [6.07, 6.45) is 35.8. The van der Waals surface area contributed by atoms with E-state index in [0.29, 0.717) is 0 Å². The summed E-state index contributed by atoms with van der Waals surface area (Å²) in [5, 5.41) is 0. The number of para-hydroxylation sites is 2. The second-order valence-corrected chi connectivity index (χ2v) is 12.6. The van der Waals surface area contributed by atoms with Crippen molar-refractivity contribution in [2.75, 3.05) is 0 Å². The van der Waals surface area contributed by atoms with Crippen molar-refractivity contribution < 1.29 is 4.74 Å². The SMILES string of the molecule is CCCCCCCCCCCCCCc1ccccc1Oc1ccccc1CCCCCCCCCCCCCC. The number of aryl methyl sites for hydroxylation is 2. The molecule has 0 aliphatic carbocycles. The van der Waals surface area contributed by atoms with Gasteiger partial charge in [0.25, 0.3) is 0 Å². The fraction of sp³-hybridized carbons (Fsp3) is 0.700. The molecule has 0 aromatic heterocycles. The molecular formula is C40H66O. The second-order valence-electron chi connectivity index (χ2n) is 12.6. The first-order valence-electron chi connectivity index (χ1n) is 18.2. The molecule has 1 nitrogen and oxygen atoms in total. The first-order valence-corrected chi connectivity index (χ1v) is 18.2. The molecule has 2 aromatic rings. The topological polar surface area (TPSA) is 9.23 Å². The summed E-state index contributed by atoms with van der Waals surface area (Å²) in [5.41, 5.74) is 2.72. The zero-order valence-electron chi connectivity index (χ0n) is 27.4. The predicted molar refractivity (Wildman–Crippen MR) is 183 cm³/mol. The average Bonchev–Trinajstić information content (AvgIpc) is 3.00. The van der Waals surface area contributed by atoms with E-state index in [1.807, 2.05) is 0 Å². The Morgan fingerprint density at radius 3 is 0.927 bits per heavy atom. The van der Waals surface area contributed by atoms with E-state index in [-0.39, 0.29) is 0 Å². The van der Waals surface area contributed by atoms with Gasteiger partial charge in [-0.3, -0.25) is 0 Å². The van der Waals surface area contributed by atoms with E-state index >= 15 is 0 Å². The van der Waals surface area contributed by atoms with E-state index in [1.54, 1.807) is 0 Å². The van der Waals surface area contributed by atoms with Crippen molar-refractivity contribution >= 4 is 0 Å². The minimum Gasteiger partial charge on any atom is -0.457 e. The molecule has 0 saturated heterocycles. The summed E-state index contributed by atoms with van der Waals surface area (Å²) >= 11 is 0.